The van der Waals surface area contributed by atoms with Crippen molar-refractivity contribution in [3.8, 4) is 0 Å². The van der Waals surface area contributed by atoms with Crippen molar-refractivity contribution in [2.45, 2.75) is 38.7 Å². The highest BCUT2D eigenvalue weighted by atomic mass is 16.7. The Hall–Kier alpha value is -0.910. The molecule has 5 heteroatoms. The number of methoxy groups -OCH3 is 2. The van der Waals surface area contributed by atoms with E-state index >= 15 is 0 Å². The third-order valence-electron chi connectivity index (χ3n) is 2.52. The monoisotopic (exact) mass is 228 g/mol. The Bertz CT molecular complexity index is 319. The molecule has 1 N–H and O–H groups in total. The number of rotatable bonds is 6. The van der Waals surface area contributed by atoms with Crippen LogP contribution in [0.3, 0.4) is 0 Å². The number of ether oxygens (including phenoxy) is 2. The number of hydrogen-bond donors (Lipinski definition) is 1. The molecule has 0 aromatic carbocycles. The summed E-state index contributed by atoms with van der Waals surface area (Å²) in [6.07, 6.45) is 3.76. The topological polar surface area (TPSA) is 56.5 Å². The van der Waals surface area contributed by atoms with E-state index in [1.54, 1.807) is 13.1 Å². The first kappa shape index (κ1) is 13.2. The molecule has 0 saturated heterocycles. The van der Waals surface area contributed by atoms with Gasteiger partial charge in [0, 0.05) is 33.2 Å². The van der Waals surface area contributed by atoms with Gasteiger partial charge >= 0.3 is 0 Å². The van der Waals surface area contributed by atoms with Gasteiger partial charge in [-0.05, 0) is 13.3 Å². The molecule has 1 heterocycles. The van der Waals surface area contributed by atoms with Crippen molar-refractivity contribution in [2.75, 3.05) is 14.2 Å². The molecule has 1 unspecified atom stereocenters. The Balaban J connectivity index is 3.00. The molecule has 1 aromatic rings. The van der Waals surface area contributed by atoms with E-state index in [1.165, 1.54) is 14.2 Å². The van der Waals surface area contributed by atoms with Crippen LogP contribution in [0.1, 0.15) is 26.1 Å². The molecule has 16 heavy (non-hydrogen) atoms. The number of aryl methyl sites for hydroxylation is 1. The first-order chi connectivity index (χ1) is 7.57. The van der Waals surface area contributed by atoms with Crippen LogP contribution in [0.25, 0.3) is 0 Å². The van der Waals surface area contributed by atoms with E-state index in [0.717, 1.165) is 13.0 Å². The van der Waals surface area contributed by atoms with E-state index in [9.17, 15) is 5.11 Å². The van der Waals surface area contributed by atoms with Crippen molar-refractivity contribution >= 4 is 0 Å². The molecule has 0 aliphatic carbocycles. The number of hydrogen-bond acceptors (Lipinski definition) is 4. The summed E-state index contributed by atoms with van der Waals surface area (Å²) in [5.41, 5.74) is -1.26. The zero-order chi connectivity index (χ0) is 12.2. The van der Waals surface area contributed by atoms with Crippen molar-refractivity contribution < 1.29 is 14.6 Å². The molecule has 1 rings (SSSR count). The molecule has 0 amide bonds. The van der Waals surface area contributed by atoms with Gasteiger partial charge in [-0.2, -0.15) is 0 Å². The Morgan fingerprint density at radius 3 is 2.62 bits per heavy atom. The first-order valence-corrected chi connectivity index (χ1v) is 5.37. The van der Waals surface area contributed by atoms with Crippen LogP contribution >= 0.6 is 0 Å². The van der Waals surface area contributed by atoms with Gasteiger partial charge in [-0.25, -0.2) is 4.98 Å². The Morgan fingerprint density at radius 2 is 2.12 bits per heavy atom. The highest BCUT2D eigenvalue weighted by Crippen LogP contribution is 2.25. The normalized spacial score (nSPS) is 15.4. The molecule has 92 valence electrons. The van der Waals surface area contributed by atoms with Crippen LogP contribution in [0, 0.1) is 0 Å². The SMILES string of the molecule is CCCn1ccnc1C(C)(O)C(OC)OC. The fourth-order valence-electron chi connectivity index (χ4n) is 1.83. The molecule has 5 nitrogen and oxygen atoms in total. The smallest absolute Gasteiger partial charge is 0.192 e. The summed E-state index contributed by atoms with van der Waals surface area (Å²) < 4.78 is 12.1. The average molecular weight is 228 g/mol. The molecule has 0 radical (unpaired) electrons. The lowest BCUT2D eigenvalue weighted by Crippen LogP contribution is -2.41. The highest BCUT2D eigenvalue weighted by Gasteiger charge is 2.38. The number of nitrogens with zero attached hydrogens (tertiary/aromatic N) is 2. The van der Waals surface area contributed by atoms with E-state index in [2.05, 4.69) is 11.9 Å². The van der Waals surface area contributed by atoms with Crippen LogP contribution in [0.4, 0.5) is 0 Å². The Kier molecular flexibility index (Phi) is 4.46. The van der Waals surface area contributed by atoms with E-state index < -0.39 is 11.9 Å². The number of aliphatic hydroxyl groups is 1. The van der Waals surface area contributed by atoms with Gasteiger partial charge in [0.1, 0.15) is 5.82 Å². The zero-order valence-corrected chi connectivity index (χ0v) is 10.3. The van der Waals surface area contributed by atoms with Gasteiger partial charge in [-0.1, -0.05) is 6.92 Å². The lowest BCUT2D eigenvalue weighted by atomic mass is 10.1. The van der Waals surface area contributed by atoms with Crippen molar-refractivity contribution in [3.63, 3.8) is 0 Å². The maximum atomic E-state index is 10.4. The number of imidazole rings is 1. The van der Waals surface area contributed by atoms with Crippen LogP contribution in [0.5, 0.6) is 0 Å². The molecule has 0 aliphatic rings. The molecule has 1 aromatic heterocycles. The van der Waals surface area contributed by atoms with Crippen LogP contribution in [0.15, 0.2) is 12.4 Å². The van der Waals surface area contributed by atoms with Gasteiger partial charge in [0.05, 0.1) is 0 Å². The maximum Gasteiger partial charge on any atom is 0.192 e. The molecule has 0 spiro atoms. The summed E-state index contributed by atoms with van der Waals surface area (Å²) in [4.78, 5) is 4.18. The van der Waals surface area contributed by atoms with Crippen LogP contribution in [-0.4, -0.2) is 35.2 Å². The minimum atomic E-state index is -1.26. The fourth-order valence-corrected chi connectivity index (χ4v) is 1.83. The minimum absolute atomic E-state index is 0.558. The summed E-state index contributed by atoms with van der Waals surface area (Å²) in [5, 5.41) is 10.4. The van der Waals surface area contributed by atoms with Crippen molar-refractivity contribution in [3.05, 3.63) is 18.2 Å². The first-order valence-electron chi connectivity index (χ1n) is 5.37. The average Bonchev–Trinajstić information content (AvgIpc) is 2.68. The van der Waals surface area contributed by atoms with Gasteiger partial charge in [0.15, 0.2) is 11.9 Å². The summed E-state index contributed by atoms with van der Waals surface area (Å²) in [6.45, 7) is 4.52. The van der Waals surface area contributed by atoms with Crippen LogP contribution in [0.2, 0.25) is 0 Å². The maximum absolute atomic E-state index is 10.4. The lowest BCUT2D eigenvalue weighted by molar-refractivity contribution is -0.216. The molecule has 0 fully saturated rings. The van der Waals surface area contributed by atoms with Gasteiger partial charge < -0.3 is 19.1 Å². The standard InChI is InChI=1S/C11H20N2O3/c1-5-7-13-8-6-12-9(13)11(2,14)10(15-3)16-4/h6,8,10,14H,5,7H2,1-4H3. The second kappa shape index (κ2) is 5.43. The zero-order valence-electron chi connectivity index (χ0n) is 10.3. The largest absolute Gasteiger partial charge is 0.377 e. The van der Waals surface area contributed by atoms with Crippen molar-refractivity contribution in [2.24, 2.45) is 0 Å². The third kappa shape index (κ3) is 2.42. The molecular formula is C11H20N2O3. The van der Waals surface area contributed by atoms with Gasteiger partial charge in [0.2, 0.25) is 0 Å². The summed E-state index contributed by atoms with van der Waals surface area (Å²) in [6, 6.07) is 0. The highest BCUT2D eigenvalue weighted by molar-refractivity contribution is 5.05. The van der Waals surface area contributed by atoms with E-state index in [1.807, 2.05) is 10.8 Å². The summed E-state index contributed by atoms with van der Waals surface area (Å²) >= 11 is 0. The van der Waals surface area contributed by atoms with E-state index in [4.69, 9.17) is 9.47 Å². The molecule has 0 saturated carbocycles. The second-order valence-corrected chi connectivity index (χ2v) is 3.90. The lowest BCUT2D eigenvalue weighted by Gasteiger charge is -2.30. The third-order valence-corrected chi connectivity index (χ3v) is 2.52. The van der Waals surface area contributed by atoms with Crippen molar-refractivity contribution in [1.29, 1.82) is 0 Å². The van der Waals surface area contributed by atoms with Gasteiger partial charge in [0.25, 0.3) is 0 Å². The fraction of sp³-hybridized carbons (Fsp3) is 0.727. The molecule has 0 bridgehead atoms. The summed E-state index contributed by atoms with van der Waals surface area (Å²) in [7, 11) is 2.99. The van der Waals surface area contributed by atoms with Crippen LogP contribution in [-0.2, 0) is 21.6 Å². The predicted octanol–water partition coefficient (Wildman–Crippen LogP) is 1.12. The van der Waals surface area contributed by atoms with Crippen LogP contribution < -0.4 is 0 Å². The van der Waals surface area contributed by atoms with E-state index in [0.29, 0.717) is 5.82 Å². The quantitative estimate of drug-likeness (QED) is 0.741. The molecule has 1 atom stereocenters. The Labute approximate surface area is 96.0 Å². The van der Waals surface area contributed by atoms with Crippen molar-refractivity contribution in [1.82, 2.24) is 9.55 Å². The van der Waals surface area contributed by atoms with Gasteiger partial charge in [-0.3, -0.25) is 0 Å². The molecule has 0 aliphatic heterocycles. The predicted molar refractivity (Wildman–Crippen MR) is 59.9 cm³/mol. The second-order valence-electron chi connectivity index (χ2n) is 3.90. The Morgan fingerprint density at radius 1 is 1.50 bits per heavy atom. The minimum Gasteiger partial charge on any atom is -0.377 e. The van der Waals surface area contributed by atoms with E-state index in [-0.39, 0.29) is 0 Å². The summed E-state index contributed by atoms with van der Waals surface area (Å²) in [5.74, 6) is 0.558. The molecular weight excluding hydrogens is 208 g/mol. The van der Waals surface area contributed by atoms with Gasteiger partial charge in [-0.15, -0.1) is 0 Å². The number of aromatic nitrogens is 2.